The highest BCUT2D eigenvalue weighted by molar-refractivity contribution is 9.24. The molecule has 4 heteroatoms. The van der Waals surface area contributed by atoms with Gasteiger partial charge in [0.1, 0.15) is 0 Å². The van der Waals surface area contributed by atoms with Gasteiger partial charge in [0, 0.05) is 6.42 Å². The first-order valence-corrected chi connectivity index (χ1v) is 6.06. The van der Waals surface area contributed by atoms with Crippen LogP contribution in [0.5, 0.6) is 0 Å². The normalized spacial score (nSPS) is 30.8. The van der Waals surface area contributed by atoms with Crippen LogP contribution in [0.15, 0.2) is 22.7 Å². The van der Waals surface area contributed by atoms with Gasteiger partial charge in [0.15, 0.2) is 0 Å². The molecule has 0 spiro atoms. The predicted octanol–water partition coefficient (Wildman–Crippen LogP) is 4.32. The van der Waals surface area contributed by atoms with E-state index in [1.807, 2.05) is 18.2 Å². The Hall–Kier alpha value is 1.21. The molecule has 62 valence electrons. The third kappa shape index (κ3) is 2.58. The Kier molecular flexibility index (Phi) is 3.69. The number of hydrogen-bond donors (Lipinski definition) is 0. The maximum Gasteiger partial charge on any atom is 0.0927 e. The third-order valence-corrected chi connectivity index (χ3v) is 4.64. The van der Waals surface area contributed by atoms with Gasteiger partial charge in [0.25, 0.3) is 0 Å². The van der Waals surface area contributed by atoms with Crippen LogP contribution in [0.3, 0.4) is 0 Å². The van der Waals surface area contributed by atoms with Crippen molar-refractivity contribution >= 4 is 59.4 Å². The number of rotatable bonds is 1. The first-order valence-electron chi connectivity index (χ1n) is 3.05. The number of allylic oxidation sites excluding steroid dienone is 4. The first-order chi connectivity index (χ1) is 5.04. The molecule has 0 amide bonds. The predicted molar refractivity (Wildman–Crippen MR) is 61.0 cm³/mol. The van der Waals surface area contributed by atoms with Gasteiger partial charge in [-0.15, -0.1) is 11.6 Å². The molecule has 0 fully saturated rings. The largest absolute Gasteiger partial charge is 0.112 e. The molecule has 0 bridgehead atoms. The van der Waals surface area contributed by atoms with E-state index in [-0.39, 0.29) is 8.61 Å². The van der Waals surface area contributed by atoms with Crippen molar-refractivity contribution in [2.45, 2.75) is 15.0 Å². The highest BCUT2D eigenvalue weighted by Crippen LogP contribution is 2.40. The summed E-state index contributed by atoms with van der Waals surface area (Å²) >= 11 is 16.5. The standard InChI is InChI=1S/C7H6Br3Cl/c8-5-2-1-3-7(11,4-5)6(9)10/h1-3,6H,4H2. The Morgan fingerprint density at radius 1 is 1.55 bits per heavy atom. The van der Waals surface area contributed by atoms with Crippen LogP contribution in [0.25, 0.3) is 0 Å². The molecule has 0 aromatic heterocycles. The molecule has 1 unspecified atom stereocenters. The minimum atomic E-state index is -0.340. The highest BCUT2D eigenvalue weighted by Gasteiger charge is 2.32. The molecule has 0 saturated carbocycles. The molecule has 11 heavy (non-hydrogen) atoms. The summed E-state index contributed by atoms with van der Waals surface area (Å²) in [6.45, 7) is 0. The number of hydrogen-bond acceptors (Lipinski definition) is 0. The molecule has 0 saturated heterocycles. The van der Waals surface area contributed by atoms with E-state index in [2.05, 4.69) is 47.8 Å². The highest BCUT2D eigenvalue weighted by atomic mass is 79.9. The Bertz CT molecular complexity index is 210. The summed E-state index contributed by atoms with van der Waals surface area (Å²) in [6, 6.07) is 0. The average Bonchev–Trinajstić information content (AvgIpc) is 1.86. The lowest BCUT2D eigenvalue weighted by molar-refractivity contribution is 0.775. The lowest BCUT2D eigenvalue weighted by Gasteiger charge is -2.26. The van der Waals surface area contributed by atoms with Crippen LogP contribution in [0.4, 0.5) is 0 Å². The molecule has 0 heterocycles. The zero-order chi connectivity index (χ0) is 8.48. The lowest BCUT2D eigenvalue weighted by atomic mass is 10.0. The molecule has 1 rings (SSSR count). The van der Waals surface area contributed by atoms with Crippen molar-refractivity contribution in [3.63, 3.8) is 0 Å². The molecule has 1 aliphatic rings. The van der Waals surface area contributed by atoms with E-state index in [0.29, 0.717) is 0 Å². The molecule has 0 aromatic rings. The zero-order valence-corrected chi connectivity index (χ0v) is 11.0. The van der Waals surface area contributed by atoms with Crippen LogP contribution in [-0.4, -0.2) is 8.61 Å². The van der Waals surface area contributed by atoms with Gasteiger partial charge in [-0.05, 0) is 4.48 Å². The average molecular weight is 365 g/mol. The topological polar surface area (TPSA) is 0 Å². The van der Waals surface area contributed by atoms with E-state index in [1.165, 1.54) is 0 Å². The molecule has 0 radical (unpaired) electrons. The van der Waals surface area contributed by atoms with Crippen molar-refractivity contribution in [3.05, 3.63) is 22.7 Å². The fourth-order valence-corrected chi connectivity index (χ4v) is 2.46. The van der Waals surface area contributed by atoms with Gasteiger partial charge in [-0.25, -0.2) is 0 Å². The quantitative estimate of drug-likeness (QED) is 0.607. The number of halogens is 4. The number of alkyl halides is 3. The van der Waals surface area contributed by atoms with Gasteiger partial charge in [-0.1, -0.05) is 66.0 Å². The summed E-state index contributed by atoms with van der Waals surface area (Å²) < 4.78 is 1.22. The molecule has 0 aliphatic heterocycles. The maximum absolute atomic E-state index is 6.25. The Morgan fingerprint density at radius 3 is 2.55 bits per heavy atom. The summed E-state index contributed by atoms with van der Waals surface area (Å²) in [4.78, 5) is -0.340. The molecule has 1 aliphatic carbocycles. The van der Waals surface area contributed by atoms with E-state index in [0.717, 1.165) is 10.9 Å². The second-order valence-electron chi connectivity index (χ2n) is 2.38. The van der Waals surface area contributed by atoms with Crippen molar-refractivity contribution in [2.24, 2.45) is 0 Å². The van der Waals surface area contributed by atoms with Crippen molar-refractivity contribution in [1.82, 2.24) is 0 Å². The smallest absolute Gasteiger partial charge is 0.0927 e. The second kappa shape index (κ2) is 3.95. The van der Waals surface area contributed by atoms with Crippen LogP contribution in [0.1, 0.15) is 6.42 Å². The summed E-state index contributed by atoms with van der Waals surface area (Å²) in [7, 11) is 0. The summed E-state index contributed by atoms with van der Waals surface area (Å²) in [5.74, 6) is 0. The van der Waals surface area contributed by atoms with E-state index in [9.17, 15) is 0 Å². The fourth-order valence-electron chi connectivity index (χ4n) is 0.839. The molecule has 1 atom stereocenters. The Balaban J connectivity index is 2.78. The maximum atomic E-state index is 6.25. The minimum Gasteiger partial charge on any atom is -0.112 e. The van der Waals surface area contributed by atoms with E-state index < -0.39 is 0 Å². The van der Waals surface area contributed by atoms with E-state index >= 15 is 0 Å². The van der Waals surface area contributed by atoms with E-state index in [1.54, 1.807) is 0 Å². The monoisotopic (exact) mass is 362 g/mol. The van der Waals surface area contributed by atoms with Gasteiger partial charge in [0.2, 0.25) is 0 Å². The molecule has 0 aromatic carbocycles. The summed E-state index contributed by atoms with van der Waals surface area (Å²) in [6.07, 6.45) is 6.75. The molecule has 0 nitrogen and oxygen atoms in total. The van der Waals surface area contributed by atoms with Crippen LogP contribution in [-0.2, 0) is 0 Å². The SMILES string of the molecule is ClC1(C(Br)Br)C=CC=C(Br)C1. The molecular weight excluding hydrogens is 359 g/mol. The van der Waals surface area contributed by atoms with Gasteiger partial charge < -0.3 is 0 Å². The second-order valence-corrected chi connectivity index (χ2v) is 7.16. The fraction of sp³-hybridized carbons (Fsp3) is 0.429. The summed E-state index contributed by atoms with van der Waals surface area (Å²) in [5.41, 5.74) is 0. The molecule has 0 N–H and O–H groups in total. The lowest BCUT2D eigenvalue weighted by Crippen LogP contribution is -2.27. The van der Waals surface area contributed by atoms with Crippen LogP contribution >= 0.6 is 59.4 Å². The van der Waals surface area contributed by atoms with Crippen LogP contribution < -0.4 is 0 Å². The van der Waals surface area contributed by atoms with Crippen molar-refractivity contribution < 1.29 is 0 Å². The van der Waals surface area contributed by atoms with Crippen molar-refractivity contribution in [2.75, 3.05) is 0 Å². The Morgan fingerprint density at radius 2 is 2.18 bits per heavy atom. The van der Waals surface area contributed by atoms with Crippen LogP contribution in [0, 0.1) is 0 Å². The van der Waals surface area contributed by atoms with Crippen molar-refractivity contribution in [3.8, 4) is 0 Å². The Labute approximate surface area is 96.4 Å². The van der Waals surface area contributed by atoms with Gasteiger partial charge in [0.05, 0.1) is 8.61 Å². The van der Waals surface area contributed by atoms with Gasteiger partial charge in [-0.2, -0.15) is 0 Å². The van der Waals surface area contributed by atoms with Crippen LogP contribution in [0.2, 0.25) is 0 Å². The molecular formula is C7H6Br3Cl. The minimum absolute atomic E-state index is 0.0988. The summed E-state index contributed by atoms with van der Waals surface area (Å²) in [5, 5.41) is 0. The first kappa shape index (κ1) is 10.3. The van der Waals surface area contributed by atoms with Crippen molar-refractivity contribution in [1.29, 1.82) is 0 Å². The van der Waals surface area contributed by atoms with Gasteiger partial charge >= 0.3 is 0 Å². The van der Waals surface area contributed by atoms with E-state index in [4.69, 9.17) is 11.6 Å². The van der Waals surface area contributed by atoms with Gasteiger partial charge in [-0.3, -0.25) is 0 Å². The third-order valence-electron chi connectivity index (χ3n) is 1.45. The zero-order valence-electron chi connectivity index (χ0n) is 5.53.